The zero-order chi connectivity index (χ0) is 29.1. The van der Waals surface area contributed by atoms with Crippen LogP contribution in [-0.4, -0.2) is 9.13 Å². The maximum absolute atomic E-state index is 14.3. The van der Waals surface area contributed by atoms with Crippen molar-refractivity contribution >= 4 is 61.5 Å². The maximum atomic E-state index is 14.3. The fraction of sp³-hybridized carbons (Fsp3) is 0.111. The molecule has 210 valence electrons. The molecule has 0 amide bonds. The highest BCUT2D eigenvalue weighted by molar-refractivity contribution is 9.10. The van der Waals surface area contributed by atoms with Crippen LogP contribution in [0.5, 0.6) is 0 Å². The summed E-state index contributed by atoms with van der Waals surface area (Å²) >= 11 is 11.3. The zero-order valence-corrected chi connectivity index (χ0v) is 26.2. The highest BCUT2D eigenvalue weighted by Crippen LogP contribution is 2.41. The molecule has 0 radical (unpaired) electrons. The quantitative estimate of drug-likeness (QED) is 0.190. The van der Waals surface area contributed by atoms with Gasteiger partial charge in [0.2, 0.25) is 0 Å². The van der Waals surface area contributed by atoms with Crippen LogP contribution in [0.2, 0.25) is 5.02 Å². The SMILES string of the molecule is O=c1c(=Cc2cn(Cc3ccc(Br)cc3)c3ccccc23)sc2n1C(c1ccc(Cl)cc1)C1=C(N=2)c2ccccc2CC1. The minimum Gasteiger partial charge on any atom is -0.342 e. The predicted molar refractivity (Wildman–Crippen MR) is 179 cm³/mol. The number of nitrogens with zero attached hydrogens (tertiary/aromatic N) is 3. The largest absolute Gasteiger partial charge is 0.342 e. The van der Waals surface area contributed by atoms with Gasteiger partial charge in [-0.25, -0.2) is 4.99 Å². The molecule has 1 unspecified atom stereocenters. The minimum atomic E-state index is -0.224. The van der Waals surface area contributed by atoms with Crippen LogP contribution in [0.3, 0.4) is 0 Å². The fourth-order valence-electron chi connectivity index (χ4n) is 6.42. The van der Waals surface area contributed by atoms with Crippen LogP contribution in [0.25, 0.3) is 22.7 Å². The lowest BCUT2D eigenvalue weighted by molar-refractivity contribution is 0.585. The summed E-state index contributed by atoms with van der Waals surface area (Å²) in [6, 6.07) is 32.9. The van der Waals surface area contributed by atoms with Gasteiger partial charge in [0.15, 0.2) is 4.80 Å². The number of aromatic nitrogens is 2. The Labute approximate surface area is 265 Å². The molecule has 2 aliphatic rings. The Morgan fingerprint density at radius 2 is 1.70 bits per heavy atom. The lowest BCUT2D eigenvalue weighted by Gasteiger charge is -2.30. The molecule has 0 N–H and O–H groups in total. The van der Waals surface area contributed by atoms with Gasteiger partial charge >= 0.3 is 0 Å². The van der Waals surface area contributed by atoms with E-state index in [4.69, 9.17) is 16.6 Å². The van der Waals surface area contributed by atoms with Crippen LogP contribution >= 0.6 is 38.9 Å². The third kappa shape index (κ3) is 4.65. The summed E-state index contributed by atoms with van der Waals surface area (Å²) in [7, 11) is 0. The van der Waals surface area contributed by atoms with E-state index in [-0.39, 0.29) is 11.6 Å². The van der Waals surface area contributed by atoms with Crippen LogP contribution in [0.15, 0.2) is 123 Å². The first-order valence-corrected chi connectivity index (χ1v) is 16.2. The summed E-state index contributed by atoms with van der Waals surface area (Å²) in [5.74, 6) is 0. The number of para-hydroxylation sites is 1. The number of aryl methyl sites for hydroxylation is 1. The summed E-state index contributed by atoms with van der Waals surface area (Å²) in [6.07, 6.45) is 5.98. The minimum absolute atomic E-state index is 0.0150. The van der Waals surface area contributed by atoms with Crippen molar-refractivity contribution in [2.75, 3.05) is 0 Å². The number of allylic oxidation sites excluding steroid dienone is 1. The van der Waals surface area contributed by atoms with Gasteiger partial charge in [0.05, 0.1) is 16.3 Å². The molecule has 6 aromatic rings. The smallest absolute Gasteiger partial charge is 0.271 e. The van der Waals surface area contributed by atoms with Crippen molar-refractivity contribution in [3.05, 3.63) is 166 Å². The average molecular weight is 663 g/mol. The average Bonchev–Trinajstić information content (AvgIpc) is 3.54. The fourth-order valence-corrected chi connectivity index (χ4v) is 7.80. The summed E-state index contributed by atoms with van der Waals surface area (Å²) in [5, 5.41) is 1.80. The van der Waals surface area contributed by atoms with Gasteiger partial charge in [-0.05, 0) is 71.5 Å². The van der Waals surface area contributed by atoms with Gasteiger partial charge in [-0.15, -0.1) is 0 Å². The second kappa shape index (κ2) is 10.6. The molecule has 4 aromatic carbocycles. The van der Waals surface area contributed by atoms with Gasteiger partial charge < -0.3 is 4.57 Å². The number of hydrogen-bond acceptors (Lipinski definition) is 3. The van der Waals surface area contributed by atoms with E-state index in [1.165, 1.54) is 28.0 Å². The summed E-state index contributed by atoms with van der Waals surface area (Å²) in [5.41, 5.74) is 9.05. The molecular weight excluding hydrogens is 638 g/mol. The van der Waals surface area contributed by atoms with Crippen LogP contribution in [-0.2, 0) is 13.0 Å². The first kappa shape index (κ1) is 26.6. The first-order valence-electron chi connectivity index (χ1n) is 14.2. The molecule has 0 saturated heterocycles. The summed E-state index contributed by atoms with van der Waals surface area (Å²) in [6.45, 7) is 0.742. The standard InChI is InChI=1S/C36H25BrClN3OS/c37-26-14-9-22(10-15-26)20-40-21-25(28-6-3-4-8-31(28)40)19-32-35(42)41-34(24-11-16-27(38)17-12-24)30-18-13-23-5-1-2-7-29(23)33(30)39-36(41)43-32/h1-12,14-17,19,21,34H,13,18,20H2. The van der Waals surface area contributed by atoms with E-state index in [1.807, 2.05) is 34.9 Å². The number of thiazole rings is 1. The zero-order valence-electron chi connectivity index (χ0n) is 23.0. The topological polar surface area (TPSA) is 39.3 Å². The van der Waals surface area contributed by atoms with E-state index in [0.29, 0.717) is 9.55 Å². The number of rotatable bonds is 4. The Hall–Kier alpha value is -3.97. The Kier molecular flexibility index (Phi) is 6.59. The molecule has 8 rings (SSSR count). The second-order valence-electron chi connectivity index (χ2n) is 11.0. The van der Waals surface area contributed by atoms with Crippen LogP contribution in [0.1, 0.15) is 40.3 Å². The molecule has 3 heterocycles. The van der Waals surface area contributed by atoms with Crippen molar-refractivity contribution < 1.29 is 0 Å². The third-order valence-electron chi connectivity index (χ3n) is 8.43. The summed E-state index contributed by atoms with van der Waals surface area (Å²) < 4.78 is 5.89. The molecular formula is C36H25BrClN3OS. The molecule has 1 aliphatic heterocycles. The predicted octanol–water partition coefficient (Wildman–Crippen LogP) is 7.74. The van der Waals surface area contributed by atoms with E-state index in [1.54, 1.807) is 0 Å². The van der Waals surface area contributed by atoms with Gasteiger partial charge in [-0.1, -0.05) is 106 Å². The molecule has 0 bridgehead atoms. The molecule has 0 saturated carbocycles. The molecule has 43 heavy (non-hydrogen) atoms. The molecule has 2 aromatic heterocycles. The summed E-state index contributed by atoms with van der Waals surface area (Å²) in [4.78, 5) is 20.2. The molecule has 4 nitrogen and oxygen atoms in total. The van der Waals surface area contributed by atoms with Crippen LogP contribution in [0, 0.1) is 0 Å². The lowest BCUT2D eigenvalue weighted by atomic mass is 9.83. The number of halogens is 2. The third-order valence-corrected chi connectivity index (χ3v) is 10.2. The second-order valence-corrected chi connectivity index (χ2v) is 13.4. The molecule has 1 atom stereocenters. The molecule has 1 aliphatic carbocycles. The lowest BCUT2D eigenvalue weighted by Crippen LogP contribution is -2.38. The van der Waals surface area contributed by atoms with Crippen molar-refractivity contribution in [2.45, 2.75) is 25.4 Å². The molecule has 7 heteroatoms. The maximum Gasteiger partial charge on any atom is 0.271 e. The van der Waals surface area contributed by atoms with E-state index < -0.39 is 0 Å². The highest BCUT2D eigenvalue weighted by Gasteiger charge is 2.32. The van der Waals surface area contributed by atoms with E-state index in [0.717, 1.165) is 62.0 Å². The molecule has 0 fully saturated rings. The van der Waals surface area contributed by atoms with Gasteiger partial charge in [0, 0.05) is 44.3 Å². The van der Waals surface area contributed by atoms with Crippen molar-refractivity contribution in [3.8, 4) is 0 Å². The molecule has 0 spiro atoms. The Morgan fingerprint density at radius 1 is 0.930 bits per heavy atom. The van der Waals surface area contributed by atoms with Crippen molar-refractivity contribution in [2.24, 2.45) is 4.99 Å². The van der Waals surface area contributed by atoms with E-state index in [9.17, 15) is 4.79 Å². The monoisotopic (exact) mass is 661 g/mol. The number of fused-ring (bicyclic) bond motifs is 4. The number of hydrogen-bond donors (Lipinski definition) is 0. The van der Waals surface area contributed by atoms with Crippen LogP contribution in [0.4, 0.5) is 0 Å². The highest BCUT2D eigenvalue weighted by atomic mass is 79.9. The Bertz CT molecular complexity index is 2260. The van der Waals surface area contributed by atoms with Gasteiger partial charge in [0.1, 0.15) is 0 Å². The van der Waals surface area contributed by atoms with Crippen molar-refractivity contribution in [1.29, 1.82) is 0 Å². The Balaban J connectivity index is 1.31. The van der Waals surface area contributed by atoms with Crippen LogP contribution < -0.4 is 14.9 Å². The van der Waals surface area contributed by atoms with Gasteiger partial charge in [-0.3, -0.25) is 9.36 Å². The van der Waals surface area contributed by atoms with E-state index >= 15 is 0 Å². The van der Waals surface area contributed by atoms with Gasteiger partial charge in [0.25, 0.3) is 5.56 Å². The van der Waals surface area contributed by atoms with Gasteiger partial charge in [-0.2, -0.15) is 0 Å². The van der Waals surface area contributed by atoms with Crippen molar-refractivity contribution in [1.82, 2.24) is 9.13 Å². The van der Waals surface area contributed by atoms with E-state index in [2.05, 4.69) is 99.5 Å². The van der Waals surface area contributed by atoms with Crippen molar-refractivity contribution in [3.63, 3.8) is 0 Å². The Morgan fingerprint density at radius 3 is 2.53 bits per heavy atom. The normalized spacial score (nSPS) is 16.1. The number of benzene rings is 4. The first-order chi connectivity index (χ1) is 21.0.